The Balaban J connectivity index is 2.37. The molecule has 0 aliphatic rings. The highest BCUT2D eigenvalue weighted by Gasteiger charge is 2.10. The quantitative estimate of drug-likeness (QED) is 0.826. The van der Waals surface area contributed by atoms with Crippen molar-refractivity contribution in [2.24, 2.45) is 0 Å². The van der Waals surface area contributed by atoms with Crippen molar-refractivity contribution in [3.63, 3.8) is 0 Å². The van der Waals surface area contributed by atoms with Gasteiger partial charge >= 0.3 is 0 Å². The Morgan fingerprint density at radius 2 is 1.94 bits per heavy atom. The number of nitrogens with zero attached hydrogens (tertiary/aromatic N) is 2. The Morgan fingerprint density at radius 1 is 1.22 bits per heavy atom. The SMILES string of the molecule is CC(C)c1ccccc1Nc1ncnc(Cl)c1Br. The van der Waals surface area contributed by atoms with E-state index >= 15 is 0 Å². The van der Waals surface area contributed by atoms with Gasteiger partial charge < -0.3 is 5.32 Å². The third-order valence-electron chi connectivity index (χ3n) is 2.58. The number of hydrogen-bond acceptors (Lipinski definition) is 3. The number of rotatable bonds is 3. The van der Waals surface area contributed by atoms with E-state index in [4.69, 9.17) is 11.6 Å². The third-order valence-corrected chi connectivity index (χ3v) is 3.85. The molecule has 0 fully saturated rings. The fourth-order valence-corrected chi connectivity index (χ4v) is 2.11. The first-order valence-electron chi connectivity index (χ1n) is 5.61. The molecule has 0 atom stereocenters. The minimum absolute atomic E-state index is 0.398. The second-order valence-electron chi connectivity index (χ2n) is 4.19. The molecule has 2 rings (SSSR count). The number of halogens is 2. The van der Waals surface area contributed by atoms with Crippen molar-refractivity contribution >= 4 is 39.0 Å². The summed E-state index contributed by atoms with van der Waals surface area (Å²) in [6.07, 6.45) is 1.44. The van der Waals surface area contributed by atoms with Crippen LogP contribution < -0.4 is 5.32 Å². The summed E-state index contributed by atoms with van der Waals surface area (Å²) in [7, 11) is 0. The van der Waals surface area contributed by atoms with Gasteiger partial charge in [0.15, 0.2) is 0 Å². The fourth-order valence-electron chi connectivity index (χ4n) is 1.68. The predicted molar refractivity (Wildman–Crippen MR) is 78.6 cm³/mol. The third kappa shape index (κ3) is 2.82. The van der Waals surface area contributed by atoms with Crippen LogP contribution in [0.3, 0.4) is 0 Å². The Labute approximate surface area is 120 Å². The van der Waals surface area contributed by atoms with Crippen LogP contribution in [0.15, 0.2) is 35.1 Å². The van der Waals surface area contributed by atoms with Crippen LogP contribution in [0.4, 0.5) is 11.5 Å². The van der Waals surface area contributed by atoms with Crippen molar-refractivity contribution in [2.75, 3.05) is 5.32 Å². The molecule has 0 saturated heterocycles. The molecule has 0 radical (unpaired) electrons. The van der Waals surface area contributed by atoms with Crippen LogP contribution >= 0.6 is 27.5 Å². The van der Waals surface area contributed by atoms with E-state index in [0.717, 1.165) is 5.69 Å². The van der Waals surface area contributed by atoms with E-state index in [2.05, 4.69) is 51.1 Å². The number of para-hydroxylation sites is 1. The lowest BCUT2D eigenvalue weighted by Crippen LogP contribution is -2.00. The molecule has 0 spiro atoms. The van der Waals surface area contributed by atoms with Gasteiger partial charge in [-0.2, -0.15) is 0 Å². The molecule has 0 saturated carbocycles. The highest BCUT2D eigenvalue weighted by molar-refractivity contribution is 9.10. The molecule has 1 aromatic heterocycles. The topological polar surface area (TPSA) is 37.8 Å². The smallest absolute Gasteiger partial charge is 0.149 e. The van der Waals surface area contributed by atoms with Crippen LogP contribution in [0.1, 0.15) is 25.3 Å². The zero-order valence-electron chi connectivity index (χ0n) is 10.1. The molecule has 2 aromatic rings. The summed E-state index contributed by atoms with van der Waals surface area (Å²) in [5.74, 6) is 1.10. The molecule has 18 heavy (non-hydrogen) atoms. The lowest BCUT2D eigenvalue weighted by molar-refractivity contribution is 0.869. The number of anilines is 2. The Bertz CT molecular complexity index is 558. The van der Waals surface area contributed by atoms with Gasteiger partial charge in [-0.25, -0.2) is 9.97 Å². The summed E-state index contributed by atoms with van der Waals surface area (Å²) in [5.41, 5.74) is 2.27. The van der Waals surface area contributed by atoms with Crippen LogP contribution in [0.25, 0.3) is 0 Å². The lowest BCUT2D eigenvalue weighted by atomic mass is 10.0. The first-order chi connectivity index (χ1) is 8.59. The van der Waals surface area contributed by atoms with E-state index in [0.29, 0.717) is 21.4 Å². The molecule has 0 bridgehead atoms. The van der Waals surface area contributed by atoms with E-state index in [9.17, 15) is 0 Å². The predicted octanol–water partition coefficient (Wildman–Crippen LogP) is 4.76. The second-order valence-corrected chi connectivity index (χ2v) is 5.35. The van der Waals surface area contributed by atoms with Crippen LogP contribution in [-0.4, -0.2) is 9.97 Å². The average Bonchev–Trinajstić information content (AvgIpc) is 2.35. The molecule has 3 nitrogen and oxygen atoms in total. The van der Waals surface area contributed by atoms with Gasteiger partial charge in [-0.15, -0.1) is 0 Å². The Hall–Kier alpha value is -1.13. The van der Waals surface area contributed by atoms with Gasteiger partial charge in [0.05, 0.1) is 4.47 Å². The molecule has 94 valence electrons. The number of aromatic nitrogens is 2. The maximum Gasteiger partial charge on any atom is 0.149 e. The maximum atomic E-state index is 5.94. The van der Waals surface area contributed by atoms with Gasteiger partial charge in [0.1, 0.15) is 17.3 Å². The average molecular weight is 327 g/mol. The summed E-state index contributed by atoms with van der Waals surface area (Å²) in [5, 5.41) is 3.68. The van der Waals surface area contributed by atoms with Gasteiger partial charge in [-0.05, 0) is 33.5 Å². The molecule has 1 aromatic carbocycles. The van der Waals surface area contributed by atoms with Gasteiger partial charge in [0.25, 0.3) is 0 Å². The summed E-state index contributed by atoms with van der Waals surface area (Å²) >= 11 is 9.32. The minimum Gasteiger partial charge on any atom is -0.339 e. The summed E-state index contributed by atoms with van der Waals surface area (Å²) < 4.78 is 0.672. The number of benzene rings is 1. The lowest BCUT2D eigenvalue weighted by Gasteiger charge is -2.14. The molecule has 1 N–H and O–H groups in total. The van der Waals surface area contributed by atoms with Crippen molar-refractivity contribution in [3.8, 4) is 0 Å². The first-order valence-corrected chi connectivity index (χ1v) is 6.78. The second kappa shape index (κ2) is 5.67. The van der Waals surface area contributed by atoms with E-state index in [1.807, 2.05) is 18.2 Å². The molecular weight excluding hydrogens is 314 g/mol. The van der Waals surface area contributed by atoms with E-state index in [1.165, 1.54) is 11.9 Å². The molecule has 5 heteroatoms. The minimum atomic E-state index is 0.398. The monoisotopic (exact) mass is 325 g/mol. The van der Waals surface area contributed by atoms with Gasteiger partial charge in [-0.3, -0.25) is 0 Å². The van der Waals surface area contributed by atoms with Crippen LogP contribution in [0, 0.1) is 0 Å². The summed E-state index contributed by atoms with van der Waals surface area (Å²) in [4.78, 5) is 8.09. The van der Waals surface area contributed by atoms with Gasteiger partial charge in [-0.1, -0.05) is 43.6 Å². The van der Waals surface area contributed by atoms with E-state index < -0.39 is 0 Å². The molecule has 0 aliphatic carbocycles. The fraction of sp³-hybridized carbons (Fsp3) is 0.231. The van der Waals surface area contributed by atoms with Crippen LogP contribution in [-0.2, 0) is 0 Å². The van der Waals surface area contributed by atoms with Crippen molar-refractivity contribution in [1.29, 1.82) is 0 Å². The molecule has 1 heterocycles. The zero-order chi connectivity index (χ0) is 13.1. The number of hydrogen-bond donors (Lipinski definition) is 1. The maximum absolute atomic E-state index is 5.94. The first kappa shape index (κ1) is 13.3. The largest absolute Gasteiger partial charge is 0.339 e. The Kier molecular flexibility index (Phi) is 4.19. The van der Waals surface area contributed by atoms with Crippen molar-refractivity contribution in [2.45, 2.75) is 19.8 Å². The van der Waals surface area contributed by atoms with Crippen molar-refractivity contribution in [1.82, 2.24) is 9.97 Å². The highest BCUT2D eigenvalue weighted by Crippen LogP contribution is 2.31. The van der Waals surface area contributed by atoms with Crippen molar-refractivity contribution in [3.05, 3.63) is 45.8 Å². The molecule has 0 aliphatic heterocycles. The standard InChI is InChI=1S/C13H13BrClN3/c1-8(2)9-5-3-4-6-10(9)18-13-11(14)12(15)16-7-17-13/h3-8H,1-2H3,(H,16,17,18). The van der Waals surface area contributed by atoms with Crippen LogP contribution in [0.5, 0.6) is 0 Å². The molecule has 0 unspecified atom stereocenters. The molecular formula is C13H13BrClN3. The van der Waals surface area contributed by atoms with Crippen LogP contribution in [0.2, 0.25) is 5.15 Å². The highest BCUT2D eigenvalue weighted by atomic mass is 79.9. The van der Waals surface area contributed by atoms with E-state index in [1.54, 1.807) is 0 Å². The summed E-state index contributed by atoms with van der Waals surface area (Å²) in [6.45, 7) is 4.31. The van der Waals surface area contributed by atoms with E-state index in [-0.39, 0.29) is 0 Å². The summed E-state index contributed by atoms with van der Waals surface area (Å²) in [6, 6.07) is 8.15. The Morgan fingerprint density at radius 3 is 2.67 bits per heavy atom. The number of nitrogens with one attached hydrogen (secondary N) is 1. The zero-order valence-corrected chi connectivity index (χ0v) is 12.5. The molecule has 0 amide bonds. The van der Waals surface area contributed by atoms with Gasteiger partial charge in [0.2, 0.25) is 0 Å². The van der Waals surface area contributed by atoms with Crippen molar-refractivity contribution < 1.29 is 0 Å². The normalized spacial score (nSPS) is 10.7. The van der Waals surface area contributed by atoms with Gasteiger partial charge in [0, 0.05) is 5.69 Å².